The van der Waals surface area contributed by atoms with E-state index in [1.165, 1.54) is 67.8 Å². The van der Waals surface area contributed by atoms with Crippen molar-refractivity contribution in [2.45, 2.75) is 6.17 Å². The van der Waals surface area contributed by atoms with Gasteiger partial charge in [0.25, 0.3) is 0 Å². The SMILES string of the molecule is c1ccc(-c2ccc(C3=NC(c4ccc(-c5ccccc5)cc4)NC(c4cc(-c5ccccc5)c(-n5c6ccccc6c6c7sc8c(ccc9sc%10ccccc%10c98)c7ccc65)c(-c5ccccc5)c4)=N3)cc2)cc1. The minimum absolute atomic E-state index is 0.402. The highest BCUT2D eigenvalue weighted by molar-refractivity contribution is 7.30. The van der Waals surface area contributed by atoms with Crippen LogP contribution in [0, 0.1) is 0 Å². The van der Waals surface area contributed by atoms with Crippen LogP contribution < -0.4 is 5.32 Å². The van der Waals surface area contributed by atoms with E-state index in [9.17, 15) is 0 Å². The molecule has 0 amide bonds. The Hall–Kier alpha value is -9.20. The van der Waals surface area contributed by atoms with E-state index in [1.54, 1.807) is 0 Å². The molecule has 1 unspecified atom stereocenters. The molecule has 15 rings (SSSR count). The molecule has 0 bridgehead atoms. The molecule has 4 nitrogen and oxygen atoms in total. The number of aliphatic imine (C=N–C) groups is 2. The van der Waals surface area contributed by atoms with E-state index < -0.39 is 6.17 Å². The first-order valence-corrected chi connectivity index (χ1v) is 27.0. The zero-order chi connectivity index (χ0) is 49.4. The second kappa shape index (κ2) is 17.8. The number of hydrogen-bond donors (Lipinski definition) is 1. The molecule has 0 spiro atoms. The van der Waals surface area contributed by atoms with Gasteiger partial charge in [0.15, 0.2) is 5.84 Å². The van der Waals surface area contributed by atoms with E-state index >= 15 is 0 Å². The molecule has 4 heterocycles. The minimum Gasteiger partial charge on any atom is -0.344 e. The van der Waals surface area contributed by atoms with Crippen LogP contribution in [-0.4, -0.2) is 16.2 Å². The number of thiophene rings is 2. The number of rotatable bonds is 8. The lowest BCUT2D eigenvalue weighted by atomic mass is 9.92. The van der Waals surface area contributed by atoms with Gasteiger partial charge < -0.3 is 9.88 Å². The van der Waals surface area contributed by atoms with Crippen molar-refractivity contribution >= 4 is 96.5 Å². The molecule has 1 aliphatic rings. The summed E-state index contributed by atoms with van der Waals surface area (Å²) in [7, 11) is 0. The fourth-order valence-corrected chi connectivity index (χ4v) is 13.9. The summed E-state index contributed by atoms with van der Waals surface area (Å²) in [6.45, 7) is 0. The summed E-state index contributed by atoms with van der Waals surface area (Å²) in [6, 6.07) is 92.1. The molecule has 1 aliphatic heterocycles. The Kier molecular flexibility index (Phi) is 10.3. The quantitative estimate of drug-likeness (QED) is 0.162. The van der Waals surface area contributed by atoms with E-state index in [1.807, 2.05) is 22.7 Å². The average Bonchev–Trinajstić information content (AvgIpc) is 4.30. The van der Waals surface area contributed by atoms with Crippen LogP contribution in [0.3, 0.4) is 0 Å². The predicted octanol–water partition coefficient (Wildman–Crippen LogP) is 18.7. The monoisotopic (exact) mass is 992 g/mol. The fourth-order valence-electron chi connectivity index (χ4n) is 11.3. The van der Waals surface area contributed by atoms with Crippen molar-refractivity contribution in [3.8, 4) is 50.2 Å². The van der Waals surface area contributed by atoms with E-state index in [0.717, 1.165) is 67.1 Å². The highest BCUT2D eigenvalue weighted by atomic mass is 32.1. The summed E-state index contributed by atoms with van der Waals surface area (Å²) in [6.07, 6.45) is -0.402. The van der Waals surface area contributed by atoms with Crippen molar-refractivity contribution < 1.29 is 0 Å². The molecule has 352 valence electrons. The third-order valence-corrected chi connectivity index (χ3v) is 17.3. The van der Waals surface area contributed by atoms with Gasteiger partial charge in [-0.15, -0.1) is 22.7 Å². The highest BCUT2D eigenvalue weighted by Gasteiger charge is 2.27. The average molecular weight is 993 g/mol. The van der Waals surface area contributed by atoms with Crippen molar-refractivity contribution in [1.82, 2.24) is 9.88 Å². The maximum absolute atomic E-state index is 5.47. The first-order chi connectivity index (χ1) is 37.2. The second-order valence-electron chi connectivity index (χ2n) is 19.2. The van der Waals surface area contributed by atoms with Crippen LogP contribution in [0.15, 0.2) is 265 Å². The molecule has 0 radical (unpaired) electrons. The molecule has 6 heteroatoms. The van der Waals surface area contributed by atoms with Gasteiger partial charge in [-0.05, 0) is 75.3 Å². The van der Waals surface area contributed by atoms with E-state index in [4.69, 9.17) is 9.98 Å². The Morgan fingerprint density at radius 1 is 0.360 bits per heavy atom. The Labute approximate surface area is 441 Å². The standard InChI is InChI=1S/C69H44N4S2/c1-5-17-43(18-6-1)45-29-33-49(34-30-45)67-70-68(50-35-31-46(32-36-50)44-19-7-2-8-20-44)72-69(71-67)51-41-56(47-21-9-3-10-22-47)64(57(42-51)48-23-11-4-12-24-48)73-58-27-15-13-25-54(58)62-59(73)39-37-52-53-38-40-61-63(66(53)75-65(52)62)55-26-14-16-28-60(55)74-61/h1-42,67H,(H,70,71,72). The Morgan fingerprint density at radius 3 is 1.51 bits per heavy atom. The number of aromatic nitrogens is 1. The van der Waals surface area contributed by atoms with E-state index in [-0.39, 0.29) is 0 Å². The summed E-state index contributed by atoms with van der Waals surface area (Å²) in [5.41, 5.74) is 15.5. The third kappa shape index (κ3) is 7.32. The number of amidine groups is 2. The smallest absolute Gasteiger partial charge is 0.159 e. The third-order valence-electron chi connectivity index (χ3n) is 14.9. The zero-order valence-corrected chi connectivity index (χ0v) is 42.1. The van der Waals surface area contributed by atoms with Crippen molar-refractivity contribution in [3.63, 3.8) is 0 Å². The normalized spacial score (nSPS) is 13.7. The van der Waals surface area contributed by atoms with Crippen molar-refractivity contribution in [2.75, 3.05) is 0 Å². The van der Waals surface area contributed by atoms with Gasteiger partial charge in [0.2, 0.25) is 0 Å². The predicted molar refractivity (Wildman–Crippen MR) is 320 cm³/mol. The first-order valence-electron chi connectivity index (χ1n) is 25.4. The molecule has 14 aromatic rings. The maximum atomic E-state index is 5.47. The van der Waals surface area contributed by atoms with Crippen LogP contribution in [0.5, 0.6) is 0 Å². The second-order valence-corrected chi connectivity index (χ2v) is 21.4. The van der Waals surface area contributed by atoms with Gasteiger partial charge in [-0.2, -0.15) is 0 Å². The topological polar surface area (TPSA) is 41.7 Å². The van der Waals surface area contributed by atoms with Gasteiger partial charge in [-0.3, -0.25) is 0 Å². The summed E-state index contributed by atoms with van der Waals surface area (Å²) in [5, 5.41) is 11.7. The van der Waals surface area contributed by atoms with E-state index in [2.05, 4.69) is 265 Å². The van der Waals surface area contributed by atoms with E-state index in [0.29, 0.717) is 5.84 Å². The van der Waals surface area contributed by atoms with Gasteiger partial charge in [-0.25, -0.2) is 9.98 Å². The molecule has 0 saturated heterocycles. The van der Waals surface area contributed by atoms with Crippen molar-refractivity contribution in [2.24, 2.45) is 9.98 Å². The fraction of sp³-hybridized carbons (Fsp3) is 0.0145. The van der Waals surface area contributed by atoms with Gasteiger partial charge in [0, 0.05) is 73.4 Å². The minimum atomic E-state index is -0.402. The molecule has 1 N–H and O–H groups in total. The first kappa shape index (κ1) is 43.4. The lowest BCUT2D eigenvalue weighted by molar-refractivity contribution is 0.674. The van der Waals surface area contributed by atoms with Crippen LogP contribution in [0.1, 0.15) is 22.9 Å². The largest absolute Gasteiger partial charge is 0.344 e. The number of hydrogen-bond acceptors (Lipinski definition) is 5. The van der Waals surface area contributed by atoms with Crippen LogP contribution in [0.4, 0.5) is 0 Å². The van der Waals surface area contributed by atoms with Crippen molar-refractivity contribution in [3.05, 3.63) is 271 Å². The van der Waals surface area contributed by atoms with Crippen LogP contribution in [-0.2, 0) is 0 Å². The Bertz CT molecular complexity index is 4510. The molecule has 0 aliphatic carbocycles. The maximum Gasteiger partial charge on any atom is 0.159 e. The molecule has 0 fully saturated rings. The Morgan fingerprint density at radius 2 is 0.867 bits per heavy atom. The number of nitrogens with one attached hydrogen (secondary N) is 1. The lowest BCUT2D eigenvalue weighted by Crippen LogP contribution is -2.33. The molecule has 1 atom stereocenters. The molecular formula is C69H44N4S2. The lowest BCUT2D eigenvalue weighted by Gasteiger charge is -2.26. The van der Waals surface area contributed by atoms with Crippen molar-refractivity contribution in [1.29, 1.82) is 0 Å². The van der Waals surface area contributed by atoms with Gasteiger partial charge in [0.1, 0.15) is 12.0 Å². The highest BCUT2D eigenvalue weighted by Crippen LogP contribution is 2.50. The van der Waals surface area contributed by atoms with Gasteiger partial charge >= 0.3 is 0 Å². The molecule has 75 heavy (non-hydrogen) atoms. The number of benzene rings is 11. The molecule has 0 saturated carbocycles. The van der Waals surface area contributed by atoms with Crippen LogP contribution in [0.2, 0.25) is 0 Å². The van der Waals surface area contributed by atoms with Crippen LogP contribution >= 0.6 is 22.7 Å². The number of fused-ring (bicyclic) bond motifs is 11. The molecular weight excluding hydrogens is 949 g/mol. The summed E-state index contributed by atoms with van der Waals surface area (Å²) in [4.78, 5) is 10.8. The summed E-state index contributed by atoms with van der Waals surface area (Å²) >= 11 is 3.82. The summed E-state index contributed by atoms with van der Waals surface area (Å²) < 4.78 is 7.86. The zero-order valence-electron chi connectivity index (χ0n) is 40.5. The molecule has 11 aromatic carbocycles. The van der Waals surface area contributed by atoms with Gasteiger partial charge in [0.05, 0.1) is 16.7 Å². The number of nitrogens with zero attached hydrogens (tertiary/aromatic N) is 3. The Balaban J connectivity index is 0.959. The number of para-hydroxylation sites is 1. The summed E-state index contributed by atoms with van der Waals surface area (Å²) in [5.74, 6) is 1.43. The molecule has 3 aromatic heterocycles. The van der Waals surface area contributed by atoms with Gasteiger partial charge in [-0.1, -0.05) is 218 Å². The van der Waals surface area contributed by atoms with Crippen LogP contribution in [0.25, 0.3) is 112 Å².